The summed E-state index contributed by atoms with van der Waals surface area (Å²) in [6, 6.07) is 1.33. The fourth-order valence-electron chi connectivity index (χ4n) is 2.00. The highest BCUT2D eigenvalue weighted by Gasteiger charge is 2.30. The van der Waals surface area contributed by atoms with Crippen molar-refractivity contribution in [2.45, 2.75) is 59.2 Å². The van der Waals surface area contributed by atoms with Crippen molar-refractivity contribution < 1.29 is 28.3 Å². The number of nitrogens with one attached hydrogen (secondary N) is 3. The molecule has 0 aromatic carbocycles. The molecule has 4 amide bonds. The van der Waals surface area contributed by atoms with Gasteiger partial charge in [-0.2, -0.15) is 0 Å². The first-order valence-electron chi connectivity index (χ1n) is 8.58. The first-order valence-corrected chi connectivity index (χ1v) is 8.58. The Bertz CT molecular complexity index is 676. The van der Waals surface area contributed by atoms with Gasteiger partial charge in [-0.3, -0.25) is 14.9 Å². The zero-order valence-corrected chi connectivity index (χ0v) is 16.4. The average molecular weight is 381 g/mol. The van der Waals surface area contributed by atoms with Crippen molar-refractivity contribution in [1.82, 2.24) is 16.0 Å². The lowest BCUT2D eigenvalue weighted by atomic mass is 10.0. The van der Waals surface area contributed by atoms with Crippen LogP contribution in [0.3, 0.4) is 0 Å². The lowest BCUT2D eigenvalue weighted by Gasteiger charge is -2.23. The number of carbonyl (C=O) groups excluding carboxylic acids is 4. The maximum atomic E-state index is 12.4. The van der Waals surface area contributed by atoms with Gasteiger partial charge < -0.3 is 19.8 Å². The topological polar surface area (TPSA) is 127 Å². The minimum atomic E-state index is -1.22. The zero-order chi connectivity index (χ0) is 20.8. The molecule has 0 aliphatic rings. The number of carbonyl (C=O) groups is 4. The number of hydrogen-bond acceptors (Lipinski definition) is 6. The van der Waals surface area contributed by atoms with Crippen LogP contribution in [0.2, 0.25) is 0 Å². The highest BCUT2D eigenvalue weighted by molar-refractivity contribution is 5.98. The monoisotopic (exact) mass is 381 g/mol. The van der Waals surface area contributed by atoms with Gasteiger partial charge in [-0.15, -0.1) is 0 Å². The predicted octanol–water partition coefficient (Wildman–Crippen LogP) is 1.59. The molecule has 1 aromatic rings. The molecule has 0 aliphatic heterocycles. The van der Waals surface area contributed by atoms with Gasteiger partial charge in [-0.1, -0.05) is 13.8 Å². The fourth-order valence-corrected chi connectivity index (χ4v) is 2.00. The molecule has 0 fully saturated rings. The van der Waals surface area contributed by atoms with E-state index in [-0.39, 0.29) is 11.7 Å². The molecule has 0 spiro atoms. The first-order chi connectivity index (χ1) is 12.4. The van der Waals surface area contributed by atoms with Crippen molar-refractivity contribution in [3.05, 3.63) is 24.2 Å². The standard InChI is InChI=1S/C18H27N3O6/c1-10(2)13(19-15(23)12-8-7-9-26-12)16(24)27-11(3)14(22)20-17(25)21-18(4,5)6/h7-11,13H,1-6H3,(H,19,23)(H2,20,21,22,25)/t11-,13+/m1/s1. The first kappa shape index (κ1) is 22.2. The molecule has 0 aliphatic carbocycles. The van der Waals surface area contributed by atoms with Crippen LogP contribution >= 0.6 is 0 Å². The van der Waals surface area contributed by atoms with Crippen LogP contribution in [-0.4, -0.2) is 41.5 Å². The van der Waals surface area contributed by atoms with Crippen LogP contribution in [0.1, 0.15) is 52.1 Å². The van der Waals surface area contributed by atoms with Gasteiger partial charge in [-0.25, -0.2) is 9.59 Å². The number of furan rings is 1. The van der Waals surface area contributed by atoms with E-state index in [1.54, 1.807) is 40.7 Å². The molecule has 3 N–H and O–H groups in total. The number of urea groups is 1. The van der Waals surface area contributed by atoms with Crippen molar-refractivity contribution in [2.75, 3.05) is 0 Å². The van der Waals surface area contributed by atoms with Crippen molar-refractivity contribution in [3.8, 4) is 0 Å². The Hall–Kier alpha value is -2.84. The van der Waals surface area contributed by atoms with Crippen LogP contribution in [0.15, 0.2) is 22.8 Å². The normalized spacial score (nSPS) is 13.4. The maximum Gasteiger partial charge on any atom is 0.329 e. The number of ether oxygens (including phenoxy) is 1. The summed E-state index contributed by atoms with van der Waals surface area (Å²) in [6.45, 7) is 10.1. The van der Waals surface area contributed by atoms with E-state index < -0.39 is 41.5 Å². The van der Waals surface area contributed by atoms with Gasteiger partial charge in [-0.05, 0) is 45.7 Å². The van der Waals surface area contributed by atoms with Gasteiger partial charge in [0.2, 0.25) is 0 Å². The third-order valence-electron chi connectivity index (χ3n) is 3.34. The zero-order valence-electron chi connectivity index (χ0n) is 16.4. The summed E-state index contributed by atoms with van der Waals surface area (Å²) in [4.78, 5) is 48.2. The van der Waals surface area contributed by atoms with Gasteiger partial charge in [0.15, 0.2) is 11.9 Å². The van der Waals surface area contributed by atoms with Gasteiger partial charge in [0.1, 0.15) is 6.04 Å². The van der Waals surface area contributed by atoms with Crippen LogP contribution < -0.4 is 16.0 Å². The molecular formula is C18H27N3O6. The molecule has 1 heterocycles. The highest BCUT2D eigenvalue weighted by atomic mass is 16.5. The Labute approximate surface area is 158 Å². The molecule has 0 radical (unpaired) electrons. The van der Waals surface area contributed by atoms with Crippen molar-refractivity contribution in [2.24, 2.45) is 5.92 Å². The summed E-state index contributed by atoms with van der Waals surface area (Å²) < 4.78 is 10.1. The molecule has 1 aromatic heterocycles. The molecule has 0 saturated carbocycles. The van der Waals surface area contributed by atoms with Crippen molar-refractivity contribution in [3.63, 3.8) is 0 Å². The molecule has 0 saturated heterocycles. The summed E-state index contributed by atoms with van der Waals surface area (Å²) in [6.07, 6.45) is 0.122. The van der Waals surface area contributed by atoms with Crippen molar-refractivity contribution >= 4 is 23.8 Å². The average Bonchev–Trinajstić information content (AvgIpc) is 3.04. The Balaban J connectivity index is 2.65. The Morgan fingerprint density at radius 3 is 2.22 bits per heavy atom. The minimum absolute atomic E-state index is 0.0538. The quantitative estimate of drug-likeness (QED) is 0.642. The fraction of sp³-hybridized carbons (Fsp3) is 0.556. The minimum Gasteiger partial charge on any atom is -0.459 e. The molecule has 2 atom stereocenters. The summed E-state index contributed by atoms with van der Waals surface area (Å²) in [7, 11) is 0. The molecule has 150 valence electrons. The predicted molar refractivity (Wildman–Crippen MR) is 96.8 cm³/mol. The lowest BCUT2D eigenvalue weighted by Crippen LogP contribution is -2.52. The highest BCUT2D eigenvalue weighted by Crippen LogP contribution is 2.09. The van der Waals surface area contributed by atoms with E-state index in [1.807, 2.05) is 0 Å². The number of hydrogen-bond donors (Lipinski definition) is 3. The molecular weight excluding hydrogens is 354 g/mol. The number of amides is 4. The molecule has 1 rings (SSSR count). The van der Waals surface area contributed by atoms with Gasteiger partial charge in [0.25, 0.3) is 11.8 Å². The Morgan fingerprint density at radius 1 is 1.11 bits per heavy atom. The Morgan fingerprint density at radius 2 is 1.74 bits per heavy atom. The smallest absolute Gasteiger partial charge is 0.329 e. The second-order valence-electron chi connectivity index (χ2n) is 7.44. The number of imide groups is 1. The Kier molecular flexibility index (Phi) is 7.56. The molecule has 27 heavy (non-hydrogen) atoms. The van der Waals surface area contributed by atoms with Crippen LogP contribution in [0.4, 0.5) is 4.79 Å². The molecule has 0 bridgehead atoms. The SMILES string of the molecule is CC(C)[C@H](NC(=O)c1ccco1)C(=O)O[C@H](C)C(=O)NC(=O)NC(C)(C)C. The van der Waals surface area contributed by atoms with E-state index >= 15 is 0 Å². The van der Waals surface area contributed by atoms with E-state index in [9.17, 15) is 19.2 Å². The van der Waals surface area contributed by atoms with Gasteiger partial charge in [0, 0.05) is 5.54 Å². The third-order valence-corrected chi connectivity index (χ3v) is 3.34. The van der Waals surface area contributed by atoms with Crippen LogP contribution in [0.5, 0.6) is 0 Å². The molecule has 0 unspecified atom stereocenters. The lowest BCUT2D eigenvalue weighted by molar-refractivity contribution is -0.157. The van der Waals surface area contributed by atoms with Crippen LogP contribution in [0, 0.1) is 5.92 Å². The maximum absolute atomic E-state index is 12.4. The number of esters is 1. The van der Waals surface area contributed by atoms with E-state index in [0.29, 0.717) is 0 Å². The largest absolute Gasteiger partial charge is 0.459 e. The van der Waals surface area contributed by atoms with Crippen LogP contribution in [-0.2, 0) is 14.3 Å². The van der Waals surface area contributed by atoms with E-state index in [4.69, 9.17) is 9.15 Å². The van der Waals surface area contributed by atoms with Crippen LogP contribution in [0.25, 0.3) is 0 Å². The second-order valence-corrected chi connectivity index (χ2v) is 7.44. The van der Waals surface area contributed by atoms with E-state index in [2.05, 4.69) is 16.0 Å². The summed E-state index contributed by atoms with van der Waals surface area (Å²) in [5.74, 6) is -2.37. The summed E-state index contributed by atoms with van der Waals surface area (Å²) in [5.41, 5.74) is -0.525. The van der Waals surface area contributed by atoms with Gasteiger partial charge in [0.05, 0.1) is 6.26 Å². The van der Waals surface area contributed by atoms with Crippen molar-refractivity contribution in [1.29, 1.82) is 0 Å². The number of rotatable bonds is 6. The van der Waals surface area contributed by atoms with E-state index in [0.717, 1.165) is 0 Å². The summed E-state index contributed by atoms with van der Waals surface area (Å²) >= 11 is 0. The summed E-state index contributed by atoms with van der Waals surface area (Å²) in [5, 5.41) is 7.18. The van der Waals surface area contributed by atoms with Gasteiger partial charge >= 0.3 is 12.0 Å². The third kappa shape index (κ3) is 7.51. The second kappa shape index (κ2) is 9.20. The molecule has 9 nitrogen and oxygen atoms in total. The molecule has 9 heteroatoms. The van der Waals surface area contributed by atoms with E-state index in [1.165, 1.54) is 19.3 Å².